The van der Waals surface area contributed by atoms with Crippen LogP contribution in [0.25, 0.3) is 0 Å². The second kappa shape index (κ2) is 9.13. The van der Waals surface area contributed by atoms with Gasteiger partial charge in [-0.15, -0.1) is 0 Å². The third kappa shape index (κ3) is 9.71. The number of hydrogen-bond donors (Lipinski definition) is 2. The Balaban J connectivity index is 3.92. The van der Waals surface area contributed by atoms with Gasteiger partial charge in [-0.1, -0.05) is 31.9 Å². The Morgan fingerprint density at radius 2 is 2.00 bits per heavy atom. The van der Waals surface area contributed by atoms with Crippen LogP contribution in [0.1, 0.15) is 72.6 Å². The summed E-state index contributed by atoms with van der Waals surface area (Å²) < 4.78 is 0. The molecule has 0 amide bonds. The fourth-order valence-electron chi connectivity index (χ4n) is 2.16. The van der Waals surface area contributed by atoms with Crippen LogP contribution in [0.2, 0.25) is 0 Å². The van der Waals surface area contributed by atoms with E-state index in [4.69, 9.17) is 5.11 Å². The van der Waals surface area contributed by atoms with Gasteiger partial charge in [0.1, 0.15) is 0 Å². The zero-order chi connectivity index (χ0) is 14.9. The Morgan fingerprint density at radius 1 is 1.37 bits per heavy atom. The lowest BCUT2D eigenvalue weighted by Crippen LogP contribution is -2.24. The van der Waals surface area contributed by atoms with Gasteiger partial charge in [0.15, 0.2) is 0 Å². The summed E-state index contributed by atoms with van der Waals surface area (Å²) in [6.07, 6.45) is 8.20. The summed E-state index contributed by atoms with van der Waals surface area (Å²) in [5.41, 5.74) is 0.708. The molecule has 0 bridgehead atoms. The van der Waals surface area contributed by atoms with Crippen molar-refractivity contribution in [1.82, 2.24) is 0 Å². The lowest BCUT2D eigenvalue weighted by Gasteiger charge is -2.23. The van der Waals surface area contributed by atoms with Crippen molar-refractivity contribution >= 4 is 5.97 Å². The van der Waals surface area contributed by atoms with Crippen LogP contribution >= 0.6 is 0 Å². The number of carboxylic acid groups (broad SMARTS) is 1. The Bertz CT molecular complexity index is 292. The fraction of sp³-hybridized carbons (Fsp3) is 0.812. The molecule has 0 aromatic heterocycles. The molecule has 19 heavy (non-hydrogen) atoms. The highest BCUT2D eigenvalue weighted by Crippen LogP contribution is 2.22. The van der Waals surface area contributed by atoms with Gasteiger partial charge in [0, 0.05) is 0 Å². The van der Waals surface area contributed by atoms with Crippen LogP contribution in [0.3, 0.4) is 0 Å². The van der Waals surface area contributed by atoms with Crippen LogP contribution < -0.4 is 0 Å². The number of aliphatic carboxylic acids is 1. The lowest BCUT2D eigenvalue weighted by atomic mass is 9.91. The molecular weight excluding hydrogens is 240 g/mol. The van der Waals surface area contributed by atoms with E-state index >= 15 is 0 Å². The Hall–Kier alpha value is -0.830. The third-order valence-corrected chi connectivity index (χ3v) is 3.59. The number of hydrogen-bond acceptors (Lipinski definition) is 2. The topological polar surface area (TPSA) is 57.5 Å². The van der Waals surface area contributed by atoms with Crippen LogP contribution in [0.4, 0.5) is 0 Å². The van der Waals surface area contributed by atoms with Crippen LogP contribution in [0.5, 0.6) is 0 Å². The molecule has 0 aromatic rings. The molecule has 2 atom stereocenters. The van der Waals surface area contributed by atoms with Crippen LogP contribution in [-0.4, -0.2) is 21.8 Å². The molecule has 0 aliphatic carbocycles. The molecule has 0 aliphatic heterocycles. The Morgan fingerprint density at radius 3 is 2.53 bits per heavy atom. The third-order valence-electron chi connectivity index (χ3n) is 3.59. The molecule has 0 aromatic carbocycles. The lowest BCUT2D eigenvalue weighted by molar-refractivity contribution is -0.141. The minimum atomic E-state index is -0.752. The second-order valence-corrected chi connectivity index (χ2v) is 5.97. The second-order valence-electron chi connectivity index (χ2n) is 5.97. The maximum atomic E-state index is 10.7. The molecule has 0 spiro atoms. The Labute approximate surface area is 117 Å². The molecule has 0 heterocycles. The van der Waals surface area contributed by atoms with E-state index < -0.39 is 11.6 Å². The normalized spacial score (nSPS) is 17.0. The van der Waals surface area contributed by atoms with E-state index in [1.54, 1.807) is 6.92 Å². The molecule has 0 saturated heterocycles. The van der Waals surface area contributed by atoms with Gasteiger partial charge in [0.25, 0.3) is 0 Å². The van der Waals surface area contributed by atoms with Crippen LogP contribution in [0, 0.1) is 5.92 Å². The highest BCUT2D eigenvalue weighted by Gasteiger charge is 2.20. The maximum Gasteiger partial charge on any atom is 0.306 e. The van der Waals surface area contributed by atoms with E-state index in [9.17, 15) is 9.90 Å². The van der Waals surface area contributed by atoms with Crippen molar-refractivity contribution in [2.75, 3.05) is 0 Å². The minimum absolute atomic E-state index is 0.317. The summed E-state index contributed by atoms with van der Waals surface area (Å²) in [6, 6.07) is 0. The number of aliphatic hydroxyl groups is 1. The molecule has 3 nitrogen and oxygen atoms in total. The monoisotopic (exact) mass is 270 g/mol. The van der Waals surface area contributed by atoms with Crippen molar-refractivity contribution in [2.45, 2.75) is 78.2 Å². The summed E-state index contributed by atoms with van der Waals surface area (Å²) in [7, 11) is 0. The van der Waals surface area contributed by atoms with Gasteiger partial charge in [0.2, 0.25) is 0 Å². The predicted molar refractivity (Wildman–Crippen MR) is 79.2 cm³/mol. The quantitative estimate of drug-likeness (QED) is 0.586. The van der Waals surface area contributed by atoms with E-state index in [0.29, 0.717) is 12.8 Å². The van der Waals surface area contributed by atoms with Gasteiger partial charge < -0.3 is 10.2 Å². The molecule has 0 rings (SSSR count). The van der Waals surface area contributed by atoms with Crippen LogP contribution in [0.15, 0.2) is 11.6 Å². The minimum Gasteiger partial charge on any atom is -0.481 e. The average Bonchev–Trinajstić information content (AvgIpc) is 2.28. The highest BCUT2D eigenvalue weighted by molar-refractivity contribution is 5.69. The first kappa shape index (κ1) is 18.2. The summed E-state index contributed by atoms with van der Waals surface area (Å²) in [4.78, 5) is 10.7. The molecular formula is C16H30O3. The first-order valence-electron chi connectivity index (χ1n) is 7.39. The van der Waals surface area contributed by atoms with E-state index in [1.165, 1.54) is 5.57 Å². The van der Waals surface area contributed by atoms with Gasteiger partial charge in [-0.05, 0) is 52.4 Å². The molecule has 112 valence electrons. The number of rotatable bonds is 10. The predicted octanol–water partition coefficient (Wildman–Crippen LogP) is 4.16. The van der Waals surface area contributed by atoms with Gasteiger partial charge >= 0.3 is 5.97 Å². The molecule has 0 radical (unpaired) electrons. The highest BCUT2D eigenvalue weighted by atomic mass is 16.4. The van der Waals surface area contributed by atoms with E-state index in [-0.39, 0.29) is 5.92 Å². The maximum absolute atomic E-state index is 10.7. The Kier molecular flexibility index (Phi) is 8.73. The van der Waals surface area contributed by atoms with Crippen molar-refractivity contribution in [3.63, 3.8) is 0 Å². The molecule has 0 aliphatic rings. The van der Waals surface area contributed by atoms with E-state index in [0.717, 1.165) is 32.1 Å². The summed E-state index contributed by atoms with van der Waals surface area (Å²) in [5, 5.41) is 19.0. The molecule has 2 N–H and O–H groups in total. The van der Waals surface area contributed by atoms with E-state index in [1.807, 2.05) is 6.92 Å². The van der Waals surface area contributed by atoms with Gasteiger partial charge in [-0.25, -0.2) is 0 Å². The molecule has 0 saturated carbocycles. The van der Waals surface area contributed by atoms with Crippen molar-refractivity contribution in [1.29, 1.82) is 0 Å². The smallest absolute Gasteiger partial charge is 0.306 e. The van der Waals surface area contributed by atoms with Crippen LogP contribution in [-0.2, 0) is 4.79 Å². The zero-order valence-corrected chi connectivity index (χ0v) is 12.9. The summed E-state index contributed by atoms with van der Waals surface area (Å²) in [6.45, 7) is 7.86. The van der Waals surface area contributed by atoms with E-state index in [2.05, 4.69) is 19.9 Å². The van der Waals surface area contributed by atoms with Gasteiger partial charge in [0.05, 0.1) is 11.5 Å². The first-order valence-corrected chi connectivity index (χ1v) is 7.39. The first-order chi connectivity index (χ1) is 8.78. The standard InChI is InChI=1S/C16H30O3/c1-5-8-13(2)9-6-11-16(4,19)12-7-10-14(3)15(17)18/h9,14,19H,5-8,10-12H2,1-4H3,(H,17,18). The SMILES string of the molecule is CCCC(C)=CCCC(C)(O)CCCC(C)C(=O)O. The van der Waals surface area contributed by atoms with Gasteiger partial charge in [-0.2, -0.15) is 0 Å². The number of carbonyl (C=O) groups is 1. The fourth-order valence-corrected chi connectivity index (χ4v) is 2.16. The molecule has 2 unspecified atom stereocenters. The molecule has 3 heteroatoms. The largest absolute Gasteiger partial charge is 0.481 e. The zero-order valence-electron chi connectivity index (χ0n) is 12.9. The van der Waals surface area contributed by atoms with Crippen molar-refractivity contribution in [3.8, 4) is 0 Å². The van der Waals surface area contributed by atoms with Gasteiger partial charge in [-0.3, -0.25) is 4.79 Å². The van der Waals surface area contributed by atoms with Crippen molar-refractivity contribution in [2.24, 2.45) is 5.92 Å². The summed E-state index contributed by atoms with van der Waals surface area (Å²) in [5.74, 6) is -1.07. The average molecular weight is 270 g/mol. The van der Waals surface area contributed by atoms with Crippen molar-refractivity contribution < 1.29 is 15.0 Å². The molecule has 0 fully saturated rings. The number of allylic oxidation sites excluding steroid dienone is 2. The summed E-state index contributed by atoms with van der Waals surface area (Å²) >= 11 is 0. The van der Waals surface area contributed by atoms with Crippen molar-refractivity contribution in [3.05, 3.63) is 11.6 Å². The number of carboxylic acids is 1.